The molecule has 1 amide bonds. The van der Waals surface area contributed by atoms with Gasteiger partial charge in [0.25, 0.3) is 0 Å². The lowest BCUT2D eigenvalue weighted by molar-refractivity contribution is -0.115. The summed E-state index contributed by atoms with van der Waals surface area (Å²) < 4.78 is 0. The van der Waals surface area contributed by atoms with Gasteiger partial charge in [0.2, 0.25) is 5.91 Å². The molecule has 0 saturated heterocycles. The van der Waals surface area contributed by atoms with E-state index in [4.69, 9.17) is 23.2 Å². The fourth-order valence-corrected chi connectivity index (χ4v) is 2.72. The summed E-state index contributed by atoms with van der Waals surface area (Å²) in [6, 6.07) is 9.18. The molecule has 1 atom stereocenters. The molecule has 2 rings (SSSR count). The van der Waals surface area contributed by atoms with Crippen LogP contribution in [0, 0.1) is 0 Å². The zero-order chi connectivity index (χ0) is 14.5. The average Bonchev–Trinajstić information content (AvgIpc) is 2.94. The van der Waals surface area contributed by atoms with Gasteiger partial charge in [0.05, 0.1) is 16.6 Å². The van der Waals surface area contributed by atoms with Crippen LogP contribution in [0.15, 0.2) is 35.7 Å². The second-order valence-corrected chi connectivity index (χ2v) is 6.09. The Labute approximate surface area is 131 Å². The van der Waals surface area contributed by atoms with Gasteiger partial charge >= 0.3 is 0 Å². The van der Waals surface area contributed by atoms with E-state index in [0.717, 1.165) is 0 Å². The summed E-state index contributed by atoms with van der Waals surface area (Å²) in [6.45, 7) is 2.26. The third-order valence-electron chi connectivity index (χ3n) is 2.74. The Balaban J connectivity index is 1.85. The molecule has 0 bridgehead atoms. The number of amides is 1. The normalized spacial score (nSPS) is 12.2. The molecule has 106 valence electrons. The van der Waals surface area contributed by atoms with Crippen LogP contribution < -0.4 is 10.6 Å². The molecule has 0 saturated carbocycles. The summed E-state index contributed by atoms with van der Waals surface area (Å²) in [5, 5.41) is 8.84. The number of benzene rings is 1. The van der Waals surface area contributed by atoms with Crippen molar-refractivity contribution < 1.29 is 4.79 Å². The van der Waals surface area contributed by atoms with Crippen molar-refractivity contribution in [2.45, 2.75) is 13.0 Å². The molecule has 0 fully saturated rings. The minimum absolute atomic E-state index is 0.119. The highest BCUT2D eigenvalue weighted by Crippen LogP contribution is 2.25. The number of carbonyl (C=O) groups is 1. The molecule has 2 N–H and O–H groups in total. The highest BCUT2D eigenvalue weighted by Gasteiger charge is 2.09. The van der Waals surface area contributed by atoms with Gasteiger partial charge in [-0.1, -0.05) is 29.3 Å². The van der Waals surface area contributed by atoms with Crippen molar-refractivity contribution >= 4 is 46.1 Å². The van der Waals surface area contributed by atoms with Crippen molar-refractivity contribution in [2.24, 2.45) is 0 Å². The van der Waals surface area contributed by atoms with E-state index in [-0.39, 0.29) is 18.5 Å². The Morgan fingerprint density at radius 3 is 2.75 bits per heavy atom. The average molecular weight is 329 g/mol. The number of nitrogens with one attached hydrogen (secondary N) is 2. The molecule has 0 aliphatic heterocycles. The van der Waals surface area contributed by atoms with Crippen LogP contribution in [-0.2, 0) is 4.79 Å². The van der Waals surface area contributed by atoms with Crippen LogP contribution in [0.1, 0.15) is 17.8 Å². The van der Waals surface area contributed by atoms with Crippen LogP contribution >= 0.6 is 34.5 Å². The first-order chi connectivity index (χ1) is 9.56. The summed E-state index contributed by atoms with van der Waals surface area (Å²) in [4.78, 5) is 13.0. The first-order valence-electron chi connectivity index (χ1n) is 6.08. The van der Waals surface area contributed by atoms with Gasteiger partial charge in [-0.15, -0.1) is 11.3 Å². The van der Waals surface area contributed by atoms with Crippen molar-refractivity contribution in [3.63, 3.8) is 0 Å². The molecule has 1 unspecified atom stereocenters. The molecule has 0 aliphatic rings. The zero-order valence-electron chi connectivity index (χ0n) is 10.8. The number of hydrogen-bond acceptors (Lipinski definition) is 3. The number of rotatable bonds is 5. The second-order valence-electron chi connectivity index (χ2n) is 4.30. The van der Waals surface area contributed by atoms with Crippen LogP contribution in [0.2, 0.25) is 10.0 Å². The minimum atomic E-state index is -0.119. The van der Waals surface area contributed by atoms with Crippen LogP contribution in [-0.4, -0.2) is 12.5 Å². The SMILES string of the molecule is CC(NCC(=O)Nc1ccc(Cl)c(Cl)c1)c1cccs1. The second kappa shape index (κ2) is 7.09. The summed E-state index contributed by atoms with van der Waals surface area (Å²) >= 11 is 13.4. The Bertz CT molecular complexity index is 587. The molecule has 1 aromatic carbocycles. The molecule has 1 heterocycles. The van der Waals surface area contributed by atoms with E-state index >= 15 is 0 Å². The van der Waals surface area contributed by atoms with Crippen molar-refractivity contribution in [3.8, 4) is 0 Å². The largest absolute Gasteiger partial charge is 0.325 e. The predicted molar refractivity (Wildman–Crippen MR) is 85.8 cm³/mol. The van der Waals surface area contributed by atoms with Crippen molar-refractivity contribution in [3.05, 3.63) is 50.6 Å². The van der Waals surface area contributed by atoms with E-state index in [1.165, 1.54) is 4.88 Å². The van der Waals surface area contributed by atoms with Crippen molar-refractivity contribution in [1.82, 2.24) is 5.32 Å². The first kappa shape index (κ1) is 15.3. The van der Waals surface area contributed by atoms with Gasteiger partial charge in [0.1, 0.15) is 0 Å². The molecule has 1 aromatic heterocycles. The topological polar surface area (TPSA) is 41.1 Å². The van der Waals surface area contributed by atoms with Crippen LogP contribution in [0.5, 0.6) is 0 Å². The van der Waals surface area contributed by atoms with Crippen molar-refractivity contribution in [1.29, 1.82) is 0 Å². The lowest BCUT2D eigenvalue weighted by Gasteiger charge is -2.12. The number of halogens is 2. The van der Waals surface area contributed by atoms with E-state index in [0.29, 0.717) is 15.7 Å². The first-order valence-corrected chi connectivity index (χ1v) is 7.71. The molecular formula is C14H14Cl2N2OS. The molecule has 2 aromatic rings. The van der Waals surface area contributed by atoms with Gasteiger partial charge in [-0.2, -0.15) is 0 Å². The maximum atomic E-state index is 11.8. The van der Waals surface area contributed by atoms with Gasteiger partial charge in [0, 0.05) is 16.6 Å². The lowest BCUT2D eigenvalue weighted by Crippen LogP contribution is -2.29. The van der Waals surface area contributed by atoms with E-state index in [1.807, 2.05) is 24.4 Å². The van der Waals surface area contributed by atoms with E-state index in [9.17, 15) is 4.79 Å². The number of anilines is 1. The zero-order valence-corrected chi connectivity index (χ0v) is 13.1. The van der Waals surface area contributed by atoms with E-state index in [2.05, 4.69) is 10.6 Å². The molecule has 0 radical (unpaired) electrons. The monoisotopic (exact) mass is 328 g/mol. The maximum Gasteiger partial charge on any atom is 0.238 e. The van der Waals surface area contributed by atoms with E-state index in [1.54, 1.807) is 29.5 Å². The summed E-state index contributed by atoms with van der Waals surface area (Å²) in [6.07, 6.45) is 0. The third-order valence-corrected chi connectivity index (χ3v) is 4.54. The smallest absolute Gasteiger partial charge is 0.238 e. The molecule has 0 spiro atoms. The standard InChI is InChI=1S/C14H14Cl2N2OS/c1-9(13-3-2-6-20-13)17-8-14(19)18-10-4-5-11(15)12(16)7-10/h2-7,9,17H,8H2,1H3,(H,18,19). The van der Waals surface area contributed by atoms with Gasteiger partial charge in [0.15, 0.2) is 0 Å². The van der Waals surface area contributed by atoms with Gasteiger partial charge < -0.3 is 10.6 Å². The van der Waals surface area contributed by atoms with Crippen molar-refractivity contribution in [2.75, 3.05) is 11.9 Å². The Kier molecular flexibility index (Phi) is 5.43. The quantitative estimate of drug-likeness (QED) is 0.856. The molecule has 0 aliphatic carbocycles. The Hall–Kier alpha value is -1.07. The van der Waals surface area contributed by atoms with Crippen LogP contribution in [0.25, 0.3) is 0 Å². The predicted octanol–water partition coefficient (Wildman–Crippen LogP) is 4.34. The molecule has 3 nitrogen and oxygen atoms in total. The van der Waals surface area contributed by atoms with Crippen LogP contribution in [0.3, 0.4) is 0 Å². The number of thiophene rings is 1. The minimum Gasteiger partial charge on any atom is -0.325 e. The third kappa shape index (κ3) is 4.21. The number of carbonyl (C=O) groups excluding carboxylic acids is 1. The fraction of sp³-hybridized carbons (Fsp3) is 0.214. The Morgan fingerprint density at radius 2 is 2.10 bits per heavy atom. The van der Waals surface area contributed by atoms with Gasteiger partial charge in [-0.25, -0.2) is 0 Å². The highest BCUT2D eigenvalue weighted by molar-refractivity contribution is 7.10. The van der Waals surface area contributed by atoms with Crippen LogP contribution in [0.4, 0.5) is 5.69 Å². The highest BCUT2D eigenvalue weighted by atomic mass is 35.5. The molecule has 6 heteroatoms. The summed E-state index contributed by atoms with van der Waals surface area (Å²) in [7, 11) is 0. The lowest BCUT2D eigenvalue weighted by atomic mass is 10.2. The summed E-state index contributed by atoms with van der Waals surface area (Å²) in [5.41, 5.74) is 0.634. The fourth-order valence-electron chi connectivity index (χ4n) is 1.66. The number of hydrogen-bond donors (Lipinski definition) is 2. The van der Waals surface area contributed by atoms with E-state index < -0.39 is 0 Å². The van der Waals surface area contributed by atoms with Gasteiger partial charge in [-0.05, 0) is 36.6 Å². The molecule has 20 heavy (non-hydrogen) atoms. The molecular weight excluding hydrogens is 315 g/mol. The van der Waals surface area contributed by atoms with Gasteiger partial charge in [-0.3, -0.25) is 4.79 Å². The Morgan fingerprint density at radius 1 is 1.30 bits per heavy atom. The summed E-state index contributed by atoms with van der Waals surface area (Å²) in [5.74, 6) is -0.119. The maximum absolute atomic E-state index is 11.8.